The first kappa shape index (κ1) is 16.8. The molecule has 1 aromatic carbocycles. The minimum atomic E-state index is -1.04. The Balaban J connectivity index is 1.47. The van der Waals surface area contributed by atoms with E-state index in [9.17, 15) is 10.2 Å². The van der Waals surface area contributed by atoms with Crippen LogP contribution in [0.2, 0.25) is 0 Å². The SMILES string of the molecule is Cc1ncnc2c1ccn2C1OC2(CNC(c3ccccc3)C2)C(O)C1O. The average Bonchev–Trinajstić information content (AvgIpc) is 3.37. The largest absolute Gasteiger partial charge is 0.387 e. The molecular formula is C20H22N4O3. The van der Waals surface area contributed by atoms with Gasteiger partial charge in [-0.15, -0.1) is 0 Å². The molecule has 5 atom stereocenters. The Kier molecular flexibility index (Phi) is 3.80. The molecule has 3 aromatic rings. The highest BCUT2D eigenvalue weighted by Crippen LogP contribution is 2.46. The third kappa shape index (κ3) is 2.50. The standard InChI is InChI=1S/C20H22N4O3/c1-12-14-7-8-24(18(14)23-11-22-12)19-16(25)17(26)20(27-19)9-15(21-10-20)13-5-3-2-4-6-13/h2-8,11,15-17,19,21,25-26H,9-10H2,1H3. The molecule has 140 valence electrons. The predicted molar refractivity (Wildman–Crippen MR) is 98.9 cm³/mol. The summed E-state index contributed by atoms with van der Waals surface area (Å²) < 4.78 is 8.11. The van der Waals surface area contributed by atoms with E-state index in [1.54, 1.807) is 4.57 Å². The van der Waals surface area contributed by atoms with Crippen molar-refractivity contribution in [3.8, 4) is 0 Å². The molecule has 2 aliphatic heterocycles. The number of benzene rings is 1. The molecule has 7 heteroatoms. The number of ether oxygens (including phenoxy) is 1. The molecule has 0 radical (unpaired) electrons. The zero-order valence-corrected chi connectivity index (χ0v) is 15.0. The molecule has 0 saturated carbocycles. The Morgan fingerprint density at radius 1 is 1.19 bits per heavy atom. The first-order chi connectivity index (χ1) is 13.1. The molecule has 0 amide bonds. The van der Waals surface area contributed by atoms with Gasteiger partial charge in [0.1, 0.15) is 29.8 Å². The average molecular weight is 366 g/mol. The summed E-state index contributed by atoms with van der Waals surface area (Å²) in [5, 5.41) is 26.0. The summed E-state index contributed by atoms with van der Waals surface area (Å²) in [6, 6.07) is 12.1. The zero-order valence-electron chi connectivity index (χ0n) is 15.0. The van der Waals surface area contributed by atoms with Crippen LogP contribution in [0, 0.1) is 6.92 Å². The van der Waals surface area contributed by atoms with Gasteiger partial charge in [0.15, 0.2) is 6.23 Å². The quantitative estimate of drug-likeness (QED) is 0.636. The van der Waals surface area contributed by atoms with E-state index in [1.165, 1.54) is 6.33 Å². The molecule has 3 N–H and O–H groups in total. The maximum absolute atomic E-state index is 10.8. The van der Waals surface area contributed by atoms with E-state index in [2.05, 4.69) is 27.4 Å². The monoisotopic (exact) mass is 366 g/mol. The fourth-order valence-electron chi connectivity index (χ4n) is 4.39. The van der Waals surface area contributed by atoms with Gasteiger partial charge in [0.05, 0.1) is 5.69 Å². The van der Waals surface area contributed by atoms with Crippen molar-refractivity contribution in [1.29, 1.82) is 0 Å². The van der Waals surface area contributed by atoms with E-state index in [-0.39, 0.29) is 6.04 Å². The summed E-state index contributed by atoms with van der Waals surface area (Å²) in [6.45, 7) is 2.40. The summed E-state index contributed by atoms with van der Waals surface area (Å²) in [4.78, 5) is 8.56. The van der Waals surface area contributed by atoms with Gasteiger partial charge in [-0.3, -0.25) is 0 Å². The zero-order chi connectivity index (χ0) is 18.6. The summed E-state index contributed by atoms with van der Waals surface area (Å²) in [5.41, 5.74) is 1.89. The van der Waals surface area contributed by atoms with Crippen molar-refractivity contribution < 1.29 is 14.9 Å². The molecule has 2 fully saturated rings. The molecule has 5 rings (SSSR count). The molecule has 2 aromatic heterocycles. The minimum Gasteiger partial charge on any atom is -0.387 e. The van der Waals surface area contributed by atoms with Crippen molar-refractivity contribution in [2.75, 3.05) is 6.54 Å². The van der Waals surface area contributed by atoms with Crippen molar-refractivity contribution in [3.05, 3.63) is 60.2 Å². The van der Waals surface area contributed by atoms with Gasteiger partial charge in [-0.05, 0) is 25.0 Å². The second-order valence-corrected chi connectivity index (χ2v) is 7.48. The first-order valence-electron chi connectivity index (χ1n) is 9.19. The van der Waals surface area contributed by atoms with E-state index >= 15 is 0 Å². The van der Waals surface area contributed by atoms with Crippen LogP contribution in [-0.2, 0) is 4.74 Å². The second-order valence-electron chi connectivity index (χ2n) is 7.48. The Bertz CT molecular complexity index is 976. The first-order valence-corrected chi connectivity index (χ1v) is 9.19. The Morgan fingerprint density at radius 2 is 2.00 bits per heavy atom. The van der Waals surface area contributed by atoms with Gasteiger partial charge in [0, 0.05) is 24.2 Å². The van der Waals surface area contributed by atoms with Crippen LogP contribution in [0.4, 0.5) is 0 Å². The Labute approximate surface area is 156 Å². The maximum Gasteiger partial charge on any atom is 0.164 e. The van der Waals surface area contributed by atoms with Crippen molar-refractivity contribution in [3.63, 3.8) is 0 Å². The number of fused-ring (bicyclic) bond motifs is 1. The second kappa shape index (κ2) is 6.10. The van der Waals surface area contributed by atoms with Crippen LogP contribution < -0.4 is 5.32 Å². The highest BCUT2D eigenvalue weighted by molar-refractivity contribution is 5.78. The van der Waals surface area contributed by atoms with E-state index in [0.29, 0.717) is 18.6 Å². The van der Waals surface area contributed by atoms with Gasteiger partial charge in [0.25, 0.3) is 0 Å². The number of nitrogens with zero attached hydrogens (tertiary/aromatic N) is 3. The van der Waals surface area contributed by atoms with Crippen LogP contribution in [0.15, 0.2) is 48.9 Å². The van der Waals surface area contributed by atoms with Gasteiger partial charge in [0.2, 0.25) is 0 Å². The number of hydrogen-bond acceptors (Lipinski definition) is 6. The normalized spacial score (nSPS) is 33.3. The number of nitrogens with one attached hydrogen (secondary N) is 1. The fraction of sp³-hybridized carbons (Fsp3) is 0.400. The Hall–Kier alpha value is -2.32. The van der Waals surface area contributed by atoms with Crippen molar-refractivity contribution in [2.24, 2.45) is 0 Å². The smallest absolute Gasteiger partial charge is 0.164 e. The summed E-state index contributed by atoms with van der Waals surface area (Å²) in [6.07, 6.45) is 1.23. The Morgan fingerprint density at radius 3 is 2.81 bits per heavy atom. The highest BCUT2D eigenvalue weighted by Gasteiger charge is 2.58. The topological polar surface area (TPSA) is 92.4 Å². The van der Waals surface area contributed by atoms with Crippen LogP contribution >= 0.6 is 0 Å². The molecule has 2 aliphatic rings. The van der Waals surface area contributed by atoms with E-state index < -0.39 is 24.0 Å². The van der Waals surface area contributed by atoms with Gasteiger partial charge in [-0.2, -0.15) is 0 Å². The molecule has 1 spiro atoms. The predicted octanol–water partition coefficient (Wildman–Crippen LogP) is 1.46. The van der Waals surface area contributed by atoms with Crippen LogP contribution in [0.1, 0.15) is 29.9 Å². The molecule has 27 heavy (non-hydrogen) atoms. The fourth-order valence-corrected chi connectivity index (χ4v) is 4.39. The van der Waals surface area contributed by atoms with Gasteiger partial charge < -0.3 is 24.8 Å². The summed E-state index contributed by atoms with van der Waals surface area (Å²) in [5.74, 6) is 0. The molecule has 7 nitrogen and oxygen atoms in total. The molecule has 4 heterocycles. The van der Waals surface area contributed by atoms with Crippen molar-refractivity contribution in [2.45, 2.75) is 43.4 Å². The lowest BCUT2D eigenvalue weighted by atomic mass is 9.90. The third-order valence-corrected chi connectivity index (χ3v) is 5.89. The van der Waals surface area contributed by atoms with E-state index in [0.717, 1.165) is 16.6 Å². The number of rotatable bonds is 2. The van der Waals surface area contributed by atoms with Crippen LogP contribution in [0.5, 0.6) is 0 Å². The number of aryl methyl sites for hydroxylation is 1. The van der Waals surface area contributed by atoms with Crippen molar-refractivity contribution >= 4 is 11.0 Å². The molecule has 5 unspecified atom stereocenters. The summed E-state index contributed by atoms with van der Waals surface area (Å²) in [7, 11) is 0. The molecule has 2 saturated heterocycles. The third-order valence-electron chi connectivity index (χ3n) is 5.89. The summed E-state index contributed by atoms with van der Waals surface area (Å²) >= 11 is 0. The molecular weight excluding hydrogens is 344 g/mol. The van der Waals surface area contributed by atoms with Crippen LogP contribution in [-0.4, -0.2) is 49.1 Å². The number of aliphatic hydroxyl groups excluding tert-OH is 2. The molecule has 0 bridgehead atoms. The van der Waals surface area contributed by atoms with E-state index in [4.69, 9.17) is 4.74 Å². The number of aliphatic hydroxyl groups is 2. The highest BCUT2D eigenvalue weighted by atomic mass is 16.6. The lowest BCUT2D eigenvalue weighted by molar-refractivity contribution is -0.0912. The maximum atomic E-state index is 10.8. The molecule has 0 aliphatic carbocycles. The number of aromatic nitrogens is 3. The minimum absolute atomic E-state index is 0.0813. The van der Waals surface area contributed by atoms with E-state index in [1.807, 2.05) is 37.4 Å². The lowest BCUT2D eigenvalue weighted by Crippen LogP contribution is -2.44. The van der Waals surface area contributed by atoms with Crippen LogP contribution in [0.25, 0.3) is 11.0 Å². The van der Waals surface area contributed by atoms with Crippen molar-refractivity contribution in [1.82, 2.24) is 19.9 Å². The van der Waals surface area contributed by atoms with Gasteiger partial charge >= 0.3 is 0 Å². The van der Waals surface area contributed by atoms with Gasteiger partial charge in [-0.25, -0.2) is 9.97 Å². The van der Waals surface area contributed by atoms with Crippen LogP contribution in [0.3, 0.4) is 0 Å². The number of hydrogen-bond donors (Lipinski definition) is 3. The van der Waals surface area contributed by atoms with Gasteiger partial charge in [-0.1, -0.05) is 30.3 Å². The lowest BCUT2D eigenvalue weighted by Gasteiger charge is -2.26.